The summed E-state index contributed by atoms with van der Waals surface area (Å²) in [6, 6.07) is 0. The van der Waals surface area contributed by atoms with E-state index >= 15 is 0 Å². The van der Waals surface area contributed by atoms with Crippen molar-refractivity contribution in [1.29, 1.82) is 0 Å². The summed E-state index contributed by atoms with van der Waals surface area (Å²) in [5.74, 6) is 0. The van der Waals surface area contributed by atoms with Gasteiger partial charge in [0.1, 0.15) is 8.07 Å². The van der Waals surface area contributed by atoms with Crippen molar-refractivity contribution in [2.45, 2.75) is 38.5 Å². The molecule has 0 aromatic heterocycles. The number of alkyl halides is 8. The molecule has 0 saturated carbocycles. The molecular formula is C12H20BrCl3F6Si2. The first-order valence-electron chi connectivity index (χ1n) is 6.21. The average Bonchev–Trinajstić information content (AvgIpc) is 2.36. The third-order valence-electron chi connectivity index (χ3n) is 2.12. The van der Waals surface area contributed by atoms with Crippen LogP contribution in [0.4, 0.5) is 26.3 Å². The van der Waals surface area contributed by atoms with Crippen LogP contribution >= 0.6 is 50.2 Å². The van der Waals surface area contributed by atoms with Crippen molar-refractivity contribution in [2.75, 3.05) is 11.0 Å². The van der Waals surface area contributed by atoms with E-state index in [1.165, 1.54) is 0 Å². The second kappa shape index (κ2) is 11.5. The average molecular weight is 521 g/mol. The zero-order valence-corrected chi connectivity index (χ0v) is 19.5. The molecule has 12 heteroatoms. The Bertz CT molecular complexity index is 403. The topological polar surface area (TPSA) is 0 Å². The standard InChI is InChI=1S/C6H10ClF3Si.C3H2BrF3.C3H8Cl2Si/c1-5(6(8,9)10)11(2,3)4-7;1-2(4)3(5,6)7;1-6(2,5)3-4/h1,4H2,2-3H3;1H2;3H2,1-2H3. The lowest BCUT2D eigenvalue weighted by atomic mass is 10.6. The molecular weight excluding hydrogens is 501 g/mol. The van der Waals surface area contributed by atoms with Gasteiger partial charge in [0, 0.05) is 16.2 Å². The lowest BCUT2D eigenvalue weighted by molar-refractivity contribution is -0.0856. The summed E-state index contributed by atoms with van der Waals surface area (Å²) in [4.78, 5) is 0. The number of hydrogen-bond acceptors (Lipinski definition) is 0. The van der Waals surface area contributed by atoms with Gasteiger partial charge in [-0.05, 0) is 15.9 Å². The Labute approximate surface area is 164 Å². The number of hydrogen-bond donors (Lipinski definition) is 0. The highest BCUT2D eigenvalue weighted by Gasteiger charge is 2.42. The summed E-state index contributed by atoms with van der Waals surface area (Å²) >= 11 is 18.7. The van der Waals surface area contributed by atoms with Gasteiger partial charge in [-0.1, -0.05) is 39.3 Å². The Morgan fingerprint density at radius 3 is 1.17 bits per heavy atom. The van der Waals surface area contributed by atoms with E-state index in [1.54, 1.807) is 13.1 Å². The van der Waals surface area contributed by atoms with E-state index in [4.69, 9.17) is 34.3 Å². The molecule has 0 aromatic carbocycles. The molecule has 0 aliphatic heterocycles. The van der Waals surface area contributed by atoms with E-state index in [-0.39, 0.29) is 5.50 Å². The Morgan fingerprint density at radius 1 is 0.875 bits per heavy atom. The fourth-order valence-corrected chi connectivity index (χ4v) is 1.88. The van der Waals surface area contributed by atoms with Crippen molar-refractivity contribution in [3.05, 3.63) is 22.8 Å². The fraction of sp³-hybridized carbons (Fsp3) is 0.667. The summed E-state index contributed by atoms with van der Waals surface area (Å²) < 4.78 is 68.2. The second-order valence-electron chi connectivity index (χ2n) is 5.75. The van der Waals surface area contributed by atoms with Gasteiger partial charge in [-0.2, -0.15) is 37.4 Å². The van der Waals surface area contributed by atoms with Crippen molar-refractivity contribution in [3.63, 3.8) is 0 Å². The normalized spacial score (nSPS) is 12.4. The molecule has 0 bridgehead atoms. The summed E-state index contributed by atoms with van der Waals surface area (Å²) in [5.41, 5.74) is 0.708. The first-order valence-corrected chi connectivity index (χ1v) is 15.5. The lowest BCUT2D eigenvalue weighted by Gasteiger charge is -2.23. The Morgan fingerprint density at radius 2 is 1.12 bits per heavy atom. The molecule has 0 N–H and O–H groups in total. The van der Waals surface area contributed by atoms with Crippen LogP contribution in [0.1, 0.15) is 0 Å². The third-order valence-corrected chi connectivity index (χ3v) is 10.6. The molecule has 0 unspecified atom stereocenters. The Hall–Kier alpha value is 0.844. The van der Waals surface area contributed by atoms with E-state index in [2.05, 4.69) is 29.1 Å². The van der Waals surface area contributed by atoms with Crippen molar-refractivity contribution in [3.8, 4) is 0 Å². The molecule has 0 spiro atoms. The maximum atomic E-state index is 12.0. The first-order chi connectivity index (χ1) is 10.2. The Kier molecular flexibility index (Phi) is 14.2. The highest BCUT2D eigenvalue weighted by molar-refractivity contribution is 9.11. The Balaban J connectivity index is -0.000000294. The fourth-order valence-electron chi connectivity index (χ4n) is 0.464. The van der Waals surface area contributed by atoms with Crippen LogP contribution in [0.2, 0.25) is 26.2 Å². The van der Waals surface area contributed by atoms with Crippen LogP contribution in [0.5, 0.6) is 0 Å². The molecule has 24 heavy (non-hydrogen) atoms. The van der Waals surface area contributed by atoms with Gasteiger partial charge in [-0.15, -0.1) is 23.2 Å². The smallest absolute Gasteiger partial charge is 0.167 e. The van der Waals surface area contributed by atoms with Crippen molar-refractivity contribution >= 4 is 65.7 Å². The summed E-state index contributed by atoms with van der Waals surface area (Å²) in [6.45, 7) is 12.8. The number of halogens is 10. The van der Waals surface area contributed by atoms with Gasteiger partial charge >= 0.3 is 12.4 Å². The van der Waals surface area contributed by atoms with E-state index in [9.17, 15) is 26.3 Å². The molecule has 0 aliphatic carbocycles. The SMILES string of the molecule is C=C(Br)C(F)(F)F.C=C(C(F)(F)F)[Si](C)(C)CCl.C[Si](C)(Cl)CCl. The lowest BCUT2D eigenvalue weighted by Crippen LogP contribution is -2.38. The van der Waals surface area contributed by atoms with Crippen LogP contribution < -0.4 is 0 Å². The molecule has 146 valence electrons. The molecule has 0 amide bonds. The highest BCUT2D eigenvalue weighted by Crippen LogP contribution is 2.31. The van der Waals surface area contributed by atoms with Crippen LogP contribution in [0.15, 0.2) is 22.8 Å². The molecule has 0 fully saturated rings. The summed E-state index contributed by atoms with van der Waals surface area (Å²) in [6.07, 6.45) is -8.55. The third kappa shape index (κ3) is 17.7. The van der Waals surface area contributed by atoms with Crippen molar-refractivity contribution in [1.82, 2.24) is 0 Å². The molecule has 0 rings (SSSR count). The van der Waals surface area contributed by atoms with Crippen LogP contribution in [0, 0.1) is 0 Å². The van der Waals surface area contributed by atoms with Crippen LogP contribution in [-0.4, -0.2) is 38.8 Å². The minimum atomic E-state index is -4.28. The van der Waals surface area contributed by atoms with E-state index in [1.807, 2.05) is 13.1 Å². The molecule has 0 aliphatic rings. The van der Waals surface area contributed by atoms with E-state index < -0.39 is 37.5 Å². The second-order valence-corrected chi connectivity index (χ2v) is 19.7. The molecule has 0 heterocycles. The molecule has 0 atom stereocenters. The van der Waals surface area contributed by atoms with Gasteiger partial charge in [-0.25, -0.2) is 0 Å². The zero-order chi connectivity index (χ0) is 20.6. The van der Waals surface area contributed by atoms with Gasteiger partial charge in [0.05, 0.1) is 4.48 Å². The molecule has 0 radical (unpaired) electrons. The van der Waals surface area contributed by atoms with Gasteiger partial charge in [0.2, 0.25) is 0 Å². The van der Waals surface area contributed by atoms with Crippen molar-refractivity contribution < 1.29 is 26.3 Å². The summed E-state index contributed by atoms with van der Waals surface area (Å²) in [7, 11) is -3.86. The minimum Gasteiger partial charge on any atom is -0.167 e. The molecule has 0 aromatic rings. The quantitative estimate of drug-likeness (QED) is 0.154. The van der Waals surface area contributed by atoms with Crippen molar-refractivity contribution in [2.24, 2.45) is 0 Å². The van der Waals surface area contributed by atoms with Gasteiger partial charge in [-0.3, -0.25) is 0 Å². The minimum absolute atomic E-state index is 0.0609. The zero-order valence-electron chi connectivity index (χ0n) is 13.6. The molecule has 0 nitrogen and oxygen atoms in total. The van der Waals surface area contributed by atoms with Crippen LogP contribution in [-0.2, 0) is 0 Å². The van der Waals surface area contributed by atoms with Gasteiger partial charge < -0.3 is 0 Å². The number of allylic oxidation sites excluding steroid dienone is 2. The van der Waals surface area contributed by atoms with Crippen LogP contribution in [0.25, 0.3) is 0 Å². The first kappa shape index (κ1) is 29.6. The van der Waals surface area contributed by atoms with E-state index in [0.717, 1.165) is 0 Å². The highest BCUT2D eigenvalue weighted by atomic mass is 79.9. The largest absolute Gasteiger partial charge is 0.422 e. The van der Waals surface area contributed by atoms with E-state index in [0.29, 0.717) is 5.50 Å². The predicted octanol–water partition coefficient (Wildman–Crippen LogP) is 7.80. The number of rotatable bonds is 3. The maximum Gasteiger partial charge on any atom is 0.422 e. The monoisotopic (exact) mass is 518 g/mol. The van der Waals surface area contributed by atoms with Gasteiger partial charge in [0.15, 0.2) is 7.38 Å². The van der Waals surface area contributed by atoms with Crippen LogP contribution in [0.3, 0.4) is 0 Å². The molecule has 0 saturated heterocycles. The van der Waals surface area contributed by atoms with Gasteiger partial charge in [0.25, 0.3) is 0 Å². The summed E-state index contributed by atoms with van der Waals surface area (Å²) in [5, 5.41) is -0.639. The maximum absolute atomic E-state index is 12.0. The predicted molar refractivity (Wildman–Crippen MR) is 102 cm³/mol.